The monoisotopic (exact) mass is 384 g/mol. The molecule has 1 aliphatic carbocycles. The van der Waals surface area contributed by atoms with Gasteiger partial charge in [0.25, 0.3) is 0 Å². The van der Waals surface area contributed by atoms with Gasteiger partial charge in [0.15, 0.2) is 0 Å². The van der Waals surface area contributed by atoms with Crippen molar-refractivity contribution in [2.75, 3.05) is 13.1 Å². The summed E-state index contributed by atoms with van der Waals surface area (Å²) in [6, 6.07) is 10.1. The summed E-state index contributed by atoms with van der Waals surface area (Å²) in [6.45, 7) is 1.56. The van der Waals surface area contributed by atoms with Gasteiger partial charge in [0, 0.05) is 25.7 Å². The van der Waals surface area contributed by atoms with E-state index in [1.165, 1.54) is 12.1 Å². The summed E-state index contributed by atoms with van der Waals surface area (Å²) in [5.74, 6) is -0.258. The highest BCUT2D eigenvalue weighted by atomic mass is 19.1. The Morgan fingerprint density at radius 3 is 2.61 bits per heavy atom. The molecule has 3 N–H and O–H groups in total. The van der Waals surface area contributed by atoms with E-state index in [1.807, 2.05) is 23.1 Å². The van der Waals surface area contributed by atoms with Crippen LogP contribution in [0, 0.1) is 5.82 Å². The van der Waals surface area contributed by atoms with Gasteiger partial charge in [0.05, 0.1) is 6.04 Å². The quantitative estimate of drug-likeness (QED) is 0.849. The fourth-order valence-electron chi connectivity index (χ4n) is 4.01. The molecule has 1 heterocycles. The van der Waals surface area contributed by atoms with Gasteiger partial charge in [-0.2, -0.15) is 0 Å². The van der Waals surface area contributed by atoms with Crippen LogP contribution in [0.3, 0.4) is 0 Å². The Balaban J connectivity index is 1.42. The van der Waals surface area contributed by atoms with Crippen LogP contribution in [-0.2, 0) is 6.54 Å². The number of primary amides is 1. The second-order valence-corrected chi connectivity index (χ2v) is 7.70. The molecule has 4 rings (SSSR count). The van der Waals surface area contributed by atoms with Crippen molar-refractivity contribution < 1.29 is 14.0 Å². The lowest BCUT2D eigenvalue weighted by molar-refractivity contribution is 0.118. The summed E-state index contributed by atoms with van der Waals surface area (Å²) in [4.78, 5) is 28.0. The predicted molar refractivity (Wildman–Crippen MR) is 105 cm³/mol. The van der Waals surface area contributed by atoms with Crippen LogP contribution >= 0.6 is 0 Å². The normalized spacial score (nSPS) is 19.5. The zero-order valence-corrected chi connectivity index (χ0v) is 15.7. The maximum Gasteiger partial charge on any atom is 0.318 e. The Bertz CT molecular complexity index is 899. The Labute approximate surface area is 163 Å². The number of rotatable bonds is 4. The Morgan fingerprint density at radius 1 is 1.11 bits per heavy atom. The van der Waals surface area contributed by atoms with Gasteiger partial charge < -0.3 is 20.9 Å². The maximum absolute atomic E-state index is 13.3. The van der Waals surface area contributed by atoms with Gasteiger partial charge in [-0.05, 0) is 60.2 Å². The van der Waals surface area contributed by atoms with E-state index in [1.54, 1.807) is 11.0 Å². The molecule has 7 heteroatoms. The van der Waals surface area contributed by atoms with E-state index in [0.717, 1.165) is 42.0 Å². The van der Waals surface area contributed by atoms with Crippen molar-refractivity contribution in [3.63, 3.8) is 0 Å². The standard InChI is InChI=1S/C21H25FN4O2/c22-17-6-5-15-10-14(3-4-16(15)11-17)12-24-21(28)26(18-7-8-18)19-2-1-9-25(13-19)20(23)27/h3-6,10-11,18-19H,1-2,7-9,12-13H2,(H2,23,27)(H,24,28). The first-order chi connectivity index (χ1) is 13.5. The molecule has 2 aliphatic rings. The molecular weight excluding hydrogens is 359 g/mol. The van der Waals surface area contributed by atoms with Gasteiger partial charge in [-0.25, -0.2) is 14.0 Å². The molecule has 0 radical (unpaired) electrons. The van der Waals surface area contributed by atoms with E-state index < -0.39 is 6.03 Å². The SMILES string of the molecule is NC(=O)N1CCCC(N(C(=O)NCc2ccc3cc(F)ccc3c2)C2CC2)C1. The van der Waals surface area contributed by atoms with Gasteiger partial charge in [0.2, 0.25) is 0 Å². The van der Waals surface area contributed by atoms with Crippen molar-refractivity contribution in [1.29, 1.82) is 0 Å². The highest BCUT2D eigenvalue weighted by Gasteiger charge is 2.39. The summed E-state index contributed by atoms with van der Waals surface area (Å²) >= 11 is 0. The van der Waals surface area contributed by atoms with Crippen molar-refractivity contribution in [2.24, 2.45) is 5.73 Å². The first kappa shape index (κ1) is 18.5. The van der Waals surface area contributed by atoms with E-state index in [0.29, 0.717) is 19.6 Å². The summed E-state index contributed by atoms with van der Waals surface area (Å²) in [7, 11) is 0. The third-order valence-electron chi connectivity index (χ3n) is 5.59. The highest BCUT2D eigenvalue weighted by molar-refractivity contribution is 5.83. The molecule has 148 valence electrons. The fourth-order valence-corrected chi connectivity index (χ4v) is 4.01. The minimum absolute atomic E-state index is 0.00771. The second kappa shape index (κ2) is 7.66. The van der Waals surface area contributed by atoms with Crippen LogP contribution in [0.1, 0.15) is 31.2 Å². The van der Waals surface area contributed by atoms with Gasteiger partial charge in [0.1, 0.15) is 5.82 Å². The summed E-state index contributed by atoms with van der Waals surface area (Å²) in [5.41, 5.74) is 6.39. The molecule has 0 spiro atoms. The summed E-state index contributed by atoms with van der Waals surface area (Å²) < 4.78 is 13.3. The molecule has 1 atom stereocenters. The summed E-state index contributed by atoms with van der Waals surface area (Å²) in [5, 5.41) is 4.79. The van der Waals surface area contributed by atoms with E-state index >= 15 is 0 Å². The van der Waals surface area contributed by atoms with Crippen molar-refractivity contribution >= 4 is 22.8 Å². The number of nitrogens with two attached hydrogens (primary N) is 1. The fraction of sp³-hybridized carbons (Fsp3) is 0.429. The Hall–Kier alpha value is -2.83. The number of nitrogens with zero attached hydrogens (tertiary/aromatic N) is 2. The second-order valence-electron chi connectivity index (χ2n) is 7.70. The Kier molecular flexibility index (Phi) is 5.07. The number of carbonyl (C=O) groups is 2. The van der Waals surface area contributed by atoms with Gasteiger partial charge in [-0.3, -0.25) is 0 Å². The molecule has 4 amide bonds. The van der Waals surface area contributed by atoms with Crippen LogP contribution in [0.2, 0.25) is 0 Å². The van der Waals surface area contributed by atoms with Gasteiger partial charge in [-0.1, -0.05) is 18.2 Å². The summed E-state index contributed by atoms with van der Waals surface area (Å²) in [6.07, 6.45) is 3.74. The predicted octanol–water partition coefficient (Wildman–Crippen LogP) is 3.20. The molecule has 2 fully saturated rings. The molecule has 2 aromatic rings. The third kappa shape index (κ3) is 4.03. The minimum atomic E-state index is -0.423. The number of benzene rings is 2. The van der Waals surface area contributed by atoms with Crippen LogP contribution in [0.4, 0.5) is 14.0 Å². The van der Waals surface area contributed by atoms with Crippen molar-refractivity contribution in [3.8, 4) is 0 Å². The molecule has 0 bridgehead atoms. The number of likely N-dealkylation sites (tertiary alicyclic amines) is 1. The zero-order valence-electron chi connectivity index (χ0n) is 15.7. The smallest absolute Gasteiger partial charge is 0.318 e. The van der Waals surface area contributed by atoms with E-state index in [4.69, 9.17) is 5.73 Å². The molecule has 2 aromatic carbocycles. The first-order valence-electron chi connectivity index (χ1n) is 9.80. The van der Waals surface area contributed by atoms with Gasteiger partial charge in [-0.15, -0.1) is 0 Å². The van der Waals surface area contributed by atoms with Crippen molar-refractivity contribution in [3.05, 3.63) is 47.8 Å². The molecule has 1 saturated carbocycles. The maximum atomic E-state index is 13.3. The molecule has 1 aliphatic heterocycles. The molecule has 6 nitrogen and oxygen atoms in total. The number of amides is 4. The molecule has 1 unspecified atom stereocenters. The van der Waals surface area contributed by atoms with E-state index in [9.17, 15) is 14.0 Å². The van der Waals surface area contributed by atoms with Crippen molar-refractivity contribution in [2.45, 2.75) is 44.3 Å². The largest absolute Gasteiger partial charge is 0.351 e. The topological polar surface area (TPSA) is 78.7 Å². The highest BCUT2D eigenvalue weighted by Crippen LogP contribution is 2.31. The number of carbonyl (C=O) groups excluding carboxylic acids is 2. The van der Waals surface area contributed by atoms with Crippen molar-refractivity contribution in [1.82, 2.24) is 15.1 Å². The van der Waals surface area contributed by atoms with E-state index in [-0.39, 0.29) is 23.9 Å². The number of piperidine rings is 1. The number of urea groups is 2. The average molecular weight is 384 g/mol. The number of fused-ring (bicyclic) bond motifs is 1. The van der Waals surface area contributed by atoms with Gasteiger partial charge >= 0.3 is 12.1 Å². The van der Waals surface area contributed by atoms with Crippen LogP contribution in [0.5, 0.6) is 0 Å². The lowest BCUT2D eigenvalue weighted by Crippen LogP contribution is -2.55. The minimum Gasteiger partial charge on any atom is -0.351 e. The lowest BCUT2D eigenvalue weighted by Gasteiger charge is -2.39. The zero-order chi connectivity index (χ0) is 19.7. The number of halogens is 1. The van der Waals surface area contributed by atoms with Crippen LogP contribution in [0.15, 0.2) is 36.4 Å². The molecule has 1 saturated heterocycles. The number of hydrogen-bond acceptors (Lipinski definition) is 2. The number of hydrogen-bond donors (Lipinski definition) is 2. The number of nitrogens with one attached hydrogen (secondary N) is 1. The van der Waals surface area contributed by atoms with Crippen LogP contribution in [-0.4, -0.2) is 47.0 Å². The molecular formula is C21H25FN4O2. The lowest BCUT2D eigenvalue weighted by atomic mass is 10.0. The Morgan fingerprint density at radius 2 is 1.86 bits per heavy atom. The van der Waals surface area contributed by atoms with E-state index in [2.05, 4.69) is 5.32 Å². The molecule has 28 heavy (non-hydrogen) atoms. The van der Waals surface area contributed by atoms with Crippen LogP contribution < -0.4 is 11.1 Å². The first-order valence-corrected chi connectivity index (χ1v) is 9.80. The van der Waals surface area contributed by atoms with Crippen LogP contribution in [0.25, 0.3) is 10.8 Å². The molecule has 0 aromatic heterocycles. The average Bonchev–Trinajstić information content (AvgIpc) is 3.51. The third-order valence-corrected chi connectivity index (χ3v) is 5.59.